The first kappa shape index (κ1) is 17.0. The molecule has 0 aliphatic heterocycles. The van der Waals surface area contributed by atoms with E-state index >= 15 is 0 Å². The molecule has 0 unspecified atom stereocenters. The van der Waals surface area contributed by atoms with Gasteiger partial charge >= 0.3 is 0 Å². The van der Waals surface area contributed by atoms with E-state index in [4.69, 9.17) is 9.84 Å². The van der Waals surface area contributed by atoms with Crippen LogP contribution in [0.2, 0.25) is 0 Å². The molecule has 0 saturated heterocycles. The molecule has 0 atom stereocenters. The van der Waals surface area contributed by atoms with Gasteiger partial charge in [0.05, 0.1) is 31.1 Å². The Balaban J connectivity index is 1.64. The number of methoxy groups -OCH3 is 1. The Bertz CT molecular complexity index is 873. The van der Waals surface area contributed by atoms with Crippen molar-refractivity contribution in [1.29, 1.82) is 0 Å². The summed E-state index contributed by atoms with van der Waals surface area (Å²) in [5.41, 5.74) is 3.27. The van der Waals surface area contributed by atoms with Crippen LogP contribution in [0.3, 0.4) is 0 Å². The number of aliphatic hydroxyl groups is 1. The fourth-order valence-corrected chi connectivity index (χ4v) is 2.81. The molecule has 6 nitrogen and oxygen atoms in total. The van der Waals surface area contributed by atoms with E-state index in [1.807, 2.05) is 34.9 Å². The zero-order chi connectivity index (χ0) is 17.6. The van der Waals surface area contributed by atoms with Gasteiger partial charge in [-0.1, -0.05) is 18.2 Å². The Labute approximate surface area is 146 Å². The van der Waals surface area contributed by atoms with Crippen LogP contribution >= 0.6 is 0 Å². The summed E-state index contributed by atoms with van der Waals surface area (Å²) in [6.45, 7) is 1.06. The highest BCUT2D eigenvalue weighted by Crippen LogP contribution is 2.18. The van der Waals surface area contributed by atoms with Crippen molar-refractivity contribution < 1.29 is 14.6 Å². The summed E-state index contributed by atoms with van der Waals surface area (Å²) in [5, 5.41) is 12.0. The molecule has 6 heteroatoms. The number of nitrogens with one attached hydrogen (secondary N) is 1. The van der Waals surface area contributed by atoms with Crippen molar-refractivity contribution in [2.24, 2.45) is 0 Å². The van der Waals surface area contributed by atoms with E-state index in [0.717, 1.165) is 22.3 Å². The average Bonchev–Trinajstić information content (AvgIpc) is 3.04. The van der Waals surface area contributed by atoms with Crippen LogP contribution in [0.25, 0.3) is 11.0 Å². The number of rotatable bonds is 7. The van der Waals surface area contributed by atoms with Gasteiger partial charge in [-0.25, -0.2) is 4.98 Å². The van der Waals surface area contributed by atoms with E-state index in [9.17, 15) is 4.79 Å². The van der Waals surface area contributed by atoms with Gasteiger partial charge in [0.25, 0.3) is 5.91 Å². The van der Waals surface area contributed by atoms with Crippen molar-refractivity contribution in [2.45, 2.75) is 13.0 Å². The third-order valence-corrected chi connectivity index (χ3v) is 4.10. The van der Waals surface area contributed by atoms with Gasteiger partial charge in [-0.05, 0) is 36.2 Å². The van der Waals surface area contributed by atoms with E-state index in [1.54, 1.807) is 25.6 Å². The SMILES string of the molecule is COc1ccccc1CCNC(=O)c1ccc2c(c1)ncn2CCO. The fraction of sp³-hybridized carbons (Fsp3) is 0.263. The molecule has 0 bridgehead atoms. The van der Waals surface area contributed by atoms with E-state index in [0.29, 0.717) is 25.1 Å². The van der Waals surface area contributed by atoms with E-state index in [2.05, 4.69) is 10.3 Å². The van der Waals surface area contributed by atoms with Crippen molar-refractivity contribution in [2.75, 3.05) is 20.3 Å². The van der Waals surface area contributed by atoms with Crippen LogP contribution in [0.5, 0.6) is 5.75 Å². The lowest BCUT2D eigenvalue weighted by Crippen LogP contribution is -2.25. The van der Waals surface area contributed by atoms with Crippen LogP contribution in [-0.2, 0) is 13.0 Å². The number of carbonyl (C=O) groups is 1. The van der Waals surface area contributed by atoms with Crippen LogP contribution in [0.4, 0.5) is 0 Å². The number of amides is 1. The molecule has 1 aromatic heterocycles. The molecule has 1 amide bonds. The zero-order valence-corrected chi connectivity index (χ0v) is 14.1. The lowest BCUT2D eigenvalue weighted by molar-refractivity contribution is 0.0954. The highest BCUT2D eigenvalue weighted by atomic mass is 16.5. The Hall–Kier alpha value is -2.86. The van der Waals surface area contributed by atoms with Crippen molar-refractivity contribution in [3.05, 3.63) is 59.9 Å². The standard InChI is InChI=1S/C19H21N3O3/c1-25-18-5-3-2-4-14(18)8-9-20-19(24)15-6-7-17-16(12-15)21-13-22(17)10-11-23/h2-7,12-13,23H,8-11H2,1H3,(H,20,24). The number of hydrogen-bond acceptors (Lipinski definition) is 4. The van der Waals surface area contributed by atoms with Gasteiger partial charge in [0.2, 0.25) is 0 Å². The Kier molecular flexibility index (Phi) is 5.30. The van der Waals surface area contributed by atoms with Crippen molar-refractivity contribution in [3.8, 4) is 5.75 Å². The van der Waals surface area contributed by atoms with Gasteiger partial charge in [-0.15, -0.1) is 0 Å². The summed E-state index contributed by atoms with van der Waals surface area (Å²) in [7, 11) is 1.64. The number of imidazole rings is 1. The molecule has 2 aromatic carbocycles. The molecule has 2 N–H and O–H groups in total. The summed E-state index contributed by atoms with van der Waals surface area (Å²) in [6, 6.07) is 13.2. The Morgan fingerprint density at radius 3 is 2.92 bits per heavy atom. The molecule has 1 heterocycles. The monoisotopic (exact) mass is 339 g/mol. The quantitative estimate of drug-likeness (QED) is 0.690. The Morgan fingerprint density at radius 2 is 2.12 bits per heavy atom. The Morgan fingerprint density at radius 1 is 1.28 bits per heavy atom. The molecule has 130 valence electrons. The molecule has 3 rings (SSSR count). The molecule has 0 saturated carbocycles. The average molecular weight is 339 g/mol. The number of nitrogens with zero attached hydrogens (tertiary/aromatic N) is 2. The van der Waals surface area contributed by atoms with E-state index in [-0.39, 0.29) is 12.5 Å². The number of para-hydroxylation sites is 1. The summed E-state index contributed by atoms with van der Waals surface area (Å²) in [5.74, 6) is 0.695. The molecule has 25 heavy (non-hydrogen) atoms. The first-order valence-corrected chi connectivity index (χ1v) is 8.19. The van der Waals surface area contributed by atoms with Crippen LogP contribution < -0.4 is 10.1 Å². The number of carbonyl (C=O) groups excluding carboxylic acids is 1. The molecule has 0 radical (unpaired) electrons. The lowest BCUT2D eigenvalue weighted by atomic mass is 10.1. The first-order chi connectivity index (χ1) is 12.2. The predicted molar refractivity (Wildman–Crippen MR) is 95.9 cm³/mol. The minimum Gasteiger partial charge on any atom is -0.496 e. The van der Waals surface area contributed by atoms with E-state index in [1.165, 1.54) is 0 Å². The largest absolute Gasteiger partial charge is 0.496 e. The smallest absolute Gasteiger partial charge is 0.251 e. The zero-order valence-electron chi connectivity index (χ0n) is 14.1. The lowest BCUT2D eigenvalue weighted by Gasteiger charge is -2.09. The number of fused-ring (bicyclic) bond motifs is 1. The normalized spacial score (nSPS) is 10.8. The third-order valence-electron chi connectivity index (χ3n) is 4.10. The van der Waals surface area contributed by atoms with Crippen LogP contribution in [-0.4, -0.2) is 40.8 Å². The topological polar surface area (TPSA) is 76.4 Å². The third kappa shape index (κ3) is 3.80. The minimum absolute atomic E-state index is 0.0522. The van der Waals surface area contributed by atoms with Crippen LogP contribution in [0, 0.1) is 0 Å². The second-order valence-corrected chi connectivity index (χ2v) is 5.68. The van der Waals surface area contributed by atoms with Gasteiger partial charge < -0.3 is 19.7 Å². The maximum atomic E-state index is 12.3. The maximum absolute atomic E-state index is 12.3. The number of benzene rings is 2. The van der Waals surface area contributed by atoms with Gasteiger partial charge in [-0.3, -0.25) is 4.79 Å². The highest BCUT2D eigenvalue weighted by Gasteiger charge is 2.09. The second kappa shape index (κ2) is 7.81. The summed E-state index contributed by atoms with van der Waals surface area (Å²) < 4.78 is 7.18. The van der Waals surface area contributed by atoms with Crippen LogP contribution in [0.1, 0.15) is 15.9 Å². The molecular weight excluding hydrogens is 318 g/mol. The predicted octanol–water partition coefficient (Wildman–Crippen LogP) is 2.01. The van der Waals surface area contributed by atoms with Gasteiger partial charge in [-0.2, -0.15) is 0 Å². The molecule has 0 spiro atoms. The van der Waals surface area contributed by atoms with Gasteiger partial charge in [0.15, 0.2) is 0 Å². The van der Waals surface area contributed by atoms with Crippen molar-refractivity contribution >= 4 is 16.9 Å². The fourth-order valence-electron chi connectivity index (χ4n) is 2.81. The van der Waals surface area contributed by atoms with Gasteiger partial charge in [0.1, 0.15) is 5.75 Å². The molecular formula is C19H21N3O3. The van der Waals surface area contributed by atoms with Crippen LogP contribution in [0.15, 0.2) is 48.8 Å². The van der Waals surface area contributed by atoms with Crippen molar-refractivity contribution in [3.63, 3.8) is 0 Å². The highest BCUT2D eigenvalue weighted by molar-refractivity contribution is 5.97. The maximum Gasteiger partial charge on any atom is 0.251 e. The first-order valence-electron chi connectivity index (χ1n) is 8.19. The van der Waals surface area contributed by atoms with E-state index < -0.39 is 0 Å². The van der Waals surface area contributed by atoms with Gasteiger partial charge in [0, 0.05) is 18.7 Å². The number of ether oxygens (including phenoxy) is 1. The summed E-state index contributed by atoms with van der Waals surface area (Å²) in [6.07, 6.45) is 2.37. The number of hydrogen-bond donors (Lipinski definition) is 2. The molecule has 0 aliphatic rings. The summed E-state index contributed by atoms with van der Waals surface area (Å²) in [4.78, 5) is 16.6. The molecule has 0 fully saturated rings. The molecule has 0 aliphatic carbocycles. The molecule has 3 aromatic rings. The number of aromatic nitrogens is 2. The minimum atomic E-state index is -0.131. The summed E-state index contributed by atoms with van der Waals surface area (Å²) >= 11 is 0. The van der Waals surface area contributed by atoms with Crippen molar-refractivity contribution in [1.82, 2.24) is 14.9 Å². The number of aliphatic hydroxyl groups excluding tert-OH is 1. The second-order valence-electron chi connectivity index (χ2n) is 5.68.